The van der Waals surface area contributed by atoms with E-state index in [2.05, 4.69) is 5.32 Å². The van der Waals surface area contributed by atoms with Gasteiger partial charge in [0.1, 0.15) is 11.9 Å². The van der Waals surface area contributed by atoms with E-state index in [4.69, 9.17) is 4.42 Å². The van der Waals surface area contributed by atoms with E-state index in [-0.39, 0.29) is 11.9 Å². The third kappa shape index (κ3) is 3.30. The fourth-order valence-corrected chi connectivity index (χ4v) is 3.78. The Labute approximate surface area is 138 Å². The predicted molar refractivity (Wildman–Crippen MR) is 91.8 cm³/mol. The summed E-state index contributed by atoms with van der Waals surface area (Å²) in [5.74, 6) is 0.423. The highest BCUT2D eigenvalue weighted by Crippen LogP contribution is 2.30. The van der Waals surface area contributed by atoms with Gasteiger partial charge in [0.25, 0.3) is 5.91 Å². The summed E-state index contributed by atoms with van der Waals surface area (Å²) in [5, 5.41) is 14.2. The van der Waals surface area contributed by atoms with Crippen LogP contribution in [0.3, 0.4) is 0 Å². The number of hydrogen-bond donors (Lipinski definition) is 2. The largest absolute Gasteiger partial charge is 0.467 e. The number of amides is 1. The minimum absolute atomic E-state index is 0.0946. The number of rotatable bonds is 5. The Kier molecular flexibility index (Phi) is 4.50. The lowest BCUT2D eigenvalue weighted by molar-refractivity contribution is 0.0906. The average molecular weight is 329 g/mol. The number of benzene rings is 1. The molecule has 0 radical (unpaired) electrons. The number of thiophene rings is 1. The topological polar surface area (TPSA) is 62.5 Å². The van der Waals surface area contributed by atoms with E-state index in [0.717, 1.165) is 20.5 Å². The lowest BCUT2D eigenvalue weighted by Gasteiger charge is -2.16. The number of furan rings is 1. The number of nitrogens with one attached hydrogen (secondary N) is 1. The van der Waals surface area contributed by atoms with E-state index in [1.165, 1.54) is 17.6 Å². The molecule has 0 bridgehead atoms. The lowest BCUT2D eigenvalue weighted by Crippen LogP contribution is -2.33. The Hall–Kier alpha value is -2.11. The molecule has 4 nitrogen and oxygen atoms in total. The minimum atomic E-state index is -0.719. The van der Waals surface area contributed by atoms with Crippen molar-refractivity contribution < 1.29 is 14.3 Å². The van der Waals surface area contributed by atoms with Gasteiger partial charge in [0.2, 0.25) is 0 Å². The molecule has 5 heteroatoms. The zero-order chi connectivity index (χ0) is 16.4. The summed E-state index contributed by atoms with van der Waals surface area (Å²) in [6, 6.07) is 11.3. The quantitative estimate of drug-likeness (QED) is 0.742. The maximum absolute atomic E-state index is 12.5. The van der Waals surface area contributed by atoms with Crippen LogP contribution in [0, 0.1) is 6.92 Å². The maximum Gasteiger partial charge on any atom is 0.261 e. The number of fused-ring (bicyclic) bond motifs is 1. The molecule has 2 N–H and O–H groups in total. The molecule has 1 aromatic carbocycles. The summed E-state index contributed by atoms with van der Waals surface area (Å²) in [6.07, 6.45) is 1.22. The molecule has 0 saturated carbocycles. The van der Waals surface area contributed by atoms with Crippen molar-refractivity contribution in [3.05, 3.63) is 58.9 Å². The first-order valence-corrected chi connectivity index (χ1v) is 8.38. The highest BCUT2D eigenvalue weighted by atomic mass is 32.1. The van der Waals surface area contributed by atoms with Crippen LogP contribution in [-0.2, 0) is 0 Å². The lowest BCUT2D eigenvalue weighted by atomic mass is 10.1. The number of carbonyl (C=O) groups is 1. The molecule has 3 rings (SSSR count). The molecule has 1 amide bonds. The molecule has 23 heavy (non-hydrogen) atoms. The van der Waals surface area contributed by atoms with Crippen LogP contribution in [0.5, 0.6) is 0 Å². The molecular weight excluding hydrogens is 310 g/mol. The smallest absolute Gasteiger partial charge is 0.261 e. The fraction of sp³-hybridized carbons (Fsp3) is 0.278. The molecule has 2 atom stereocenters. The molecule has 0 fully saturated rings. The van der Waals surface area contributed by atoms with Gasteiger partial charge in [-0.05, 0) is 43.0 Å². The highest BCUT2D eigenvalue weighted by molar-refractivity contribution is 7.21. The summed E-state index contributed by atoms with van der Waals surface area (Å²) >= 11 is 1.50. The van der Waals surface area contributed by atoms with Gasteiger partial charge < -0.3 is 14.8 Å². The van der Waals surface area contributed by atoms with Crippen LogP contribution in [-0.4, -0.2) is 17.1 Å². The number of aliphatic hydroxyl groups is 1. The van der Waals surface area contributed by atoms with Crippen molar-refractivity contribution in [3.8, 4) is 0 Å². The van der Waals surface area contributed by atoms with Crippen molar-refractivity contribution in [3.63, 3.8) is 0 Å². The molecular formula is C18H19NO3S. The highest BCUT2D eigenvalue weighted by Gasteiger charge is 2.20. The summed E-state index contributed by atoms with van der Waals surface area (Å²) in [7, 11) is 0. The van der Waals surface area contributed by atoms with Gasteiger partial charge in [0.05, 0.1) is 11.1 Å². The van der Waals surface area contributed by atoms with Crippen molar-refractivity contribution in [2.75, 3.05) is 0 Å². The Morgan fingerprint density at radius 2 is 2.09 bits per heavy atom. The average Bonchev–Trinajstić information content (AvgIpc) is 3.16. The molecule has 3 aromatic rings. The Bertz CT molecular complexity index is 807. The second kappa shape index (κ2) is 6.56. The second-order valence-corrected chi connectivity index (χ2v) is 6.75. The molecule has 0 aliphatic carbocycles. The minimum Gasteiger partial charge on any atom is -0.467 e. The molecule has 0 aliphatic rings. The van der Waals surface area contributed by atoms with Crippen molar-refractivity contribution in [2.45, 2.75) is 32.4 Å². The van der Waals surface area contributed by atoms with E-state index in [1.807, 2.05) is 38.1 Å². The van der Waals surface area contributed by atoms with Gasteiger partial charge in [-0.2, -0.15) is 0 Å². The van der Waals surface area contributed by atoms with Gasteiger partial charge in [-0.25, -0.2) is 0 Å². The van der Waals surface area contributed by atoms with Crippen LogP contribution in [0.4, 0.5) is 0 Å². The summed E-state index contributed by atoms with van der Waals surface area (Å²) < 4.78 is 6.29. The fourth-order valence-electron chi connectivity index (χ4n) is 2.67. The first kappa shape index (κ1) is 15.8. The second-order valence-electron chi connectivity index (χ2n) is 5.69. The Balaban J connectivity index is 1.69. The predicted octanol–water partition coefficient (Wildman–Crippen LogP) is 4.04. The van der Waals surface area contributed by atoms with Crippen LogP contribution in [0.15, 0.2) is 47.1 Å². The van der Waals surface area contributed by atoms with Crippen molar-refractivity contribution in [1.29, 1.82) is 0 Å². The van der Waals surface area contributed by atoms with E-state index >= 15 is 0 Å². The number of carbonyl (C=O) groups excluding carboxylic acids is 1. The van der Waals surface area contributed by atoms with E-state index in [9.17, 15) is 9.90 Å². The van der Waals surface area contributed by atoms with Gasteiger partial charge in [-0.15, -0.1) is 11.3 Å². The van der Waals surface area contributed by atoms with Gasteiger partial charge in [-0.3, -0.25) is 4.79 Å². The van der Waals surface area contributed by atoms with Crippen LogP contribution in [0.25, 0.3) is 10.1 Å². The molecule has 2 aromatic heterocycles. The number of hydrogen-bond acceptors (Lipinski definition) is 4. The van der Waals surface area contributed by atoms with E-state index < -0.39 is 6.10 Å². The van der Waals surface area contributed by atoms with Gasteiger partial charge in [-0.1, -0.05) is 18.2 Å². The van der Waals surface area contributed by atoms with Gasteiger partial charge in [0.15, 0.2) is 0 Å². The molecule has 0 aliphatic heterocycles. The monoisotopic (exact) mass is 329 g/mol. The van der Waals surface area contributed by atoms with Gasteiger partial charge >= 0.3 is 0 Å². The number of aryl methyl sites for hydroxylation is 1. The Morgan fingerprint density at radius 1 is 1.30 bits per heavy atom. The van der Waals surface area contributed by atoms with E-state index in [0.29, 0.717) is 12.2 Å². The third-order valence-electron chi connectivity index (χ3n) is 3.88. The van der Waals surface area contributed by atoms with Crippen LogP contribution in [0.2, 0.25) is 0 Å². The molecule has 0 spiro atoms. The van der Waals surface area contributed by atoms with Gasteiger partial charge in [0, 0.05) is 17.2 Å². The summed E-state index contributed by atoms with van der Waals surface area (Å²) in [6.45, 7) is 3.85. The molecule has 0 saturated heterocycles. The Morgan fingerprint density at radius 3 is 2.78 bits per heavy atom. The standard InChI is InChI=1S/C18H19NO3S/c1-11(10-14(20)15-7-5-9-22-15)19-18(21)17-12(2)13-6-3-4-8-16(13)23-17/h3-9,11,14,20H,10H2,1-2H3,(H,19,21)/t11-,14-/m1/s1. The van der Waals surface area contributed by atoms with Crippen molar-refractivity contribution in [2.24, 2.45) is 0 Å². The van der Waals surface area contributed by atoms with Crippen LogP contribution >= 0.6 is 11.3 Å². The van der Waals surface area contributed by atoms with E-state index in [1.54, 1.807) is 12.1 Å². The van der Waals surface area contributed by atoms with Crippen molar-refractivity contribution >= 4 is 27.3 Å². The van der Waals surface area contributed by atoms with Crippen LogP contribution < -0.4 is 5.32 Å². The molecule has 2 heterocycles. The SMILES string of the molecule is Cc1c(C(=O)N[C@H](C)C[C@@H](O)c2ccco2)sc2ccccc12. The first-order chi connectivity index (χ1) is 11.1. The summed E-state index contributed by atoms with van der Waals surface area (Å²) in [4.78, 5) is 13.2. The summed E-state index contributed by atoms with van der Waals surface area (Å²) in [5.41, 5.74) is 1.00. The van der Waals surface area contributed by atoms with Crippen molar-refractivity contribution in [1.82, 2.24) is 5.32 Å². The maximum atomic E-state index is 12.5. The normalized spacial score (nSPS) is 13.9. The zero-order valence-electron chi connectivity index (χ0n) is 13.1. The zero-order valence-corrected chi connectivity index (χ0v) is 13.9. The number of aliphatic hydroxyl groups excluding tert-OH is 1. The third-order valence-corrected chi connectivity index (χ3v) is 5.15. The molecule has 120 valence electrons. The first-order valence-electron chi connectivity index (χ1n) is 7.56. The van der Waals surface area contributed by atoms with Crippen LogP contribution in [0.1, 0.15) is 40.4 Å². The molecule has 0 unspecified atom stereocenters.